The van der Waals surface area contributed by atoms with Gasteiger partial charge in [0.2, 0.25) is 5.89 Å². The lowest BCUT2D eigenvalue weighted by molar-refractivity contribution is 0.248. The summed E-state index contributed by atoms with van der Waals surface area (Å²) in [5.41, 5.74) is 2.96. The van der Waals surface area contributed by atoms with E-state index in [4.69, 9.17) is 4.52 Å². The van der Waals surface area contributed by atoms with E-state index in [-0.39, 0.29) is 0 Å². The van der Waals surface area contributed by atoms with Gasteiger partial charge in [-0.1, -0.05) is 5.16 Å². The van der Waals surface area contributed by atoms with Gasteiger partial charge in [0.25, 0.3) is 0 Å². The second-order valence-electron chi connectivity index (χ2n) is 5.10. The van der Waals surface area contributed by atoms with Crippen LogP contribution in [0.4, 0.5) is 0 Å². The van der Waals surface area contributed by atoms with Gasteiger partial charge in [-0.05, 0) is 39.4 Å². The Labute approximate surface area is 116 Å². The average molecular weight is 278 g/mol. The van der Waals surface area contributed by atoms with Crippen molar-refractivity contribution in [3.8, 4) is 0 Å². The Morgan fingerprint density at radius 2 is 2.21 bits per heavy atom. The molecule has 2 aromatic heterocycles. The van der Waals surface area contributed by atoms with Crippen LogP contribution in [0.2, 0.25) is 0 Å². The Bertz CT molecular complexity index is 502. The molecule has 0 amide bonds. The van der Waals surface area contributed by atoms with E-state index in [2.05, 4.69) is 32.5 Å². The summed E-state index contributed by atoms with van der Waals surface area (Å²) in [7, 11) is 2.16. The first-order valence-electron chi connectivity index (χ1n) is 6.69. The summed E-state index contributed by atoms with van der Waals surface area (Å²) < 4.78 is 5.34. The number of nitrogens with zero attached hydrogens (tertiary/aromatic N) is 4. The lowest BCUT2D eigenvalue weighted by Crippen LogP contribution is -2.29. The van der Waals surface area contributed by atoms with Gasteiger partial charge in [-0.15, -0.1) is 11.3 Å². The molecule has 0 aromatic carbocycles. The molecule has 0 unspecified atom stereocenters. The minimum absolute atomic E-state index is 0.466. The number of likely N-dealkylation sites (tertiary alicyclic amines) is 1. The molecule has 1 aliphatic heterocycles. The van der Waals surface area contributed by atoms with E-state index in [1.807, 2.05) is 5.51 Å². The summed E-state index contributed by atoms with van der Waals surface area (Å²) in [5.74, 6) is 2.09. The third-order valence-corrected chi connectivity index (χ3v) is 4.28. The topological polar surface area (TPSA) is 55.1 Å². The fourth-order valence-electron chi connectivity index (χ4n) is 2.40. The molecular weight excluding hydrogens is 260 g/mol. The number of thiazole rings is 1. The van der Waals surface area contributed by atoms with Crippen molar-refractivity contribution < 1.29 is 4.52 Å². The van der Waals surface area contributed by atoms with E-state index in [1.165, 1.54) is 0 Å². The molecule has 1 aliphatic rings. The highest BCUT2D eigenvalue weighted by Gasteiger charge is 2.22. The van der Waals surface area contributed by atoms with Crippen LogP contribution < -0.4 is 0 Å². The highest BCUT2D eigenvalue weighted by Crippen LogP contribution is 2.25. The van der Waals surface area contributed by atoms with Crippen molar-refractivity contribution in [2.24, 2.45) is 0 Å². The minimum atomic E-state index is 0.466. The molecular formula is C13H18N4OS. The van der Waals surface area contributed by atoms with Gasteiger partial charge in [0.15, 0.2) is 5.82 Å². The molecule has 5 nitrogen and oxygen atoms in total. The Hall–Kier alpha value is -1.27. The smallest absolute Gasteiger partial charge is 0.227 e. The zero-order valence-corrected chi connectivity index (χ0v) is 11.9. The van der Waals surface area contributed by atoms with Crippen LogP contribution in [0.3, 0.4) is 0 Å². The van der Waals surface area contributed by atoms with E-state index in [9.17, 15) is 0 Å². The van der Waals surface area contributed by atoms with E-state index < -0.39 is 0 Å². The van der Waals surface area contributed by atoms with Crippen molar-refractivity contribution in [1.82, 2.24) is 20.0 Å². The minimum Gasteiger partial charge on any atom is -0.339 e. The summed E-state index contributed by atoms with van der Waals surface area (Å²) in [5, 5.41) is 6.21. The molecule has 6 heteroatoms. The molecule has 0 atom stereocenters. The third-order valence-electron chi connectivity index (χ3n) is 3.65. The van der Waals surface area contributed by atoms with Crippen molar-refractivity contribution >= 4 is 11.3 Å². The Kier molecular flexibility index (Phi) is 3.89. The first-order chi connectivity index (χ1) is 9.31. The van der Waals surface area contributed by atoms with Crippen molar-refractivity contribution in [3.05, 3.63) is 28.3 Å². The zero-order chi connectivity index (χ0) is 13.1. The molecule has 1 fully saturated rings. The van der Waals surface area contributed by atoms with Gasteiger partial charge < -0.3 is 9.42 Å². The molecule has 2 aromatic rings. The van der Waals surface area contributed by atoms with Gasteiger partial charge in [0.05, 0.1) is 11.2 Å². The van der Waals surface area contributed by atoms with E-state index >= 15 is 0 Å². The second kappa shape index (κ2) is 5.79. The maximum Gasteiger partial charge on any atom is 0.227 e. The van der Waals surface area contributed by atoms with Gasteiger partial charge in [-0.25, -0.2) is 4.98 Å². The predicted octanol–water partition coefficient (Wildman–Crippen LogP) is 2.12. The van der Waals surface area contributed by atoms with Crippen molar-refractivity contribution in [1.29, 1.82) is 0 Å². The number of aryl methyl sites for hydroxylation is 2. The van der Waals surface area contributed by atoms with Crippen molar-refractivity contribution in [2.75, 3.05) is 20.1 Å². The molecule has 0 saturated carbocycles. The summed E-state index contributed by atoms with van der Waals surface area (Å²) in [6, 6.07) is 0. The van der Waals surface area contributed by atoms with Crippen molar-refractivity contribution in [3.63, 3.8) is 0 Å². The highest BCUT2D eigenvalue weighted by atomic mass is 32.1. The van der Waals surface area contributed by atoms with E-state index in [0.717, 1.165) is 56.2 Å². The molecule has 19 heavy (non-hydrogen) atoms. The number of hydrogen-bond acceptors (Lipinski definition) is 6. The molecule has 0 aliphatic carbocycles. The predicted molar refractivity (Wildman–Crippen MR) is 73.3 cm³/mol. The standard InChI is InChI=1S/C13H18N4OS/c1-17-6-4-10(5-7-17)13-15-12(18-16-13)3-2-11-8-19-9-14-11/h8-10H,2-7H2,1H3. The van der Waals surface area contributed by atoms with E-state index in [1.54, 1.807) is 11.3 Å². The first-order valence-corrected chi connectivity index (χ1v) is 7.63. The largest absolute Gasteiger partial charge is 0.339 e. The summed E-state index contributed by atoms with van der Waals surface area (Å²) >= 11 is 1.62. The summed E-state index contributed by atoms with van der Waals surface area (Å²) in [6.07, 6.45) is 3.91. The fourth-order valence-corrected chi connectivity index (χ4v) is 2.99. The second-order valence-corrected chi connectivity index (χ2v) is 5.82. The van der Waals surface area contributed by atoms with Crippen LogP contribution in [-0.4, -0.2) is 40.2 Å². The van der Waals surface area contributed by atoms with Gasteiger partial charge in [-0.3, -0.25) is 0 Å². The number of piperidine rings is 1. The monoisotopic (exact) mass is 278 g/mol. The van der Waals surface area contributed by atoms with Crippen LogP contribution in [-0.2, 0) is 12.8 Å². The number of hydrogen-bond donors (Lipinski definition) is 0. The molecule has 0 spiro atoms. The Morgan fingerprint density at radius 3 is 2.95 bits per heavy atom. The lowest BCUT2D eigenvalue weighted by atomic mass is 9.97. The highest BCUT2D eigenvalue weighted by molar-refractivity contribution is 7.07. The molecule has 0 N–H and O–H groups in total. The van der Waals surface area contributed by atoms with E-state index in [0.29, 0.717) is 5.92 Å². The van der Waals surface area contributed by atoms with Crippen LogP contribution in [0.15, 0.2) is 15.4 Å². The van der Waals surface area contributed by atoms with Crippen LogP contribution in [0.25, 0.3) is 0 Å². The number of rotatable bonds is 4. The van der Waals surface area contributed by atoms with Gasteiger partial charge in [0.1, 0.15) is 0 Å². The Morgan fingerprint density at radius 1 is 1.37 bits per heavy atom. The molecule has 1 saturated heterocycles. The molecule has 0 bridgehead atoms. The van der Waals surface area contributed by atoms with Crippen LogP contribution >= 0.6 is 11.3 Å². The maximum atomic E-state index is 5.34. The summed E-state index contributed by atoms with van der Waals surface area (Å²) in [6.45, 7) is 2.24. The van der Waals surface area contributed by atoms with Crippen molar-refractivity contribution in [2.45, 2.75) is 31.6 Å². The van der Waals surface area contributed by atoms with Gasteiger partial charge in [-0.2, -0.15) is 4.98 Å². The third kappa shape index (κ3) is 3.19. The Balaban J connectivity index is 1.57. The van der Waals surface area contributed by atoms with Gasteiger partial charge in [0, 0.05) is 17.7 Å². The molecule has 102 valence electrons. The average Bonchev–Trinajstić information content (AvgIpc) is 3.09. The molecule has 0 radical (unpaired) electrons. The summed E-state index contributed by atoms with van der Waals surface area (Å²) in [4.78, 5) is 11.1. The molecule has 3 rings (SSSR count). The number of aromatic nitrogens is 3. The van der Waals surface area contributed by atoms with Gasteiger partial charge >= 0.3 is 0 Å². The first kappa shape index (κ1) is 12.7. The van der Waals surface area contributed by atoms with Crippen LogP contribution in [0.5, 0.6) is 0 Å². The zero-order valence-electron chi connectivity index (χ0n) is 11.1. The maximum absolute atomic E-state index is 5.34. The van der Waals surface area contributed by atoms with Crippen LogP contribution in [0.1, 0.15) is 36.2 Å². The lowest BCUT2D eigenvalue weighted by Gasteiger charge is -2.26. The quantitative estimate of drug-likeness (QED) is 0.857. The van der Waals surface area contributed by atoms with Crippen LogP contribution in [0, 0.1) is 0 Å². The fraction of sp³-hybridized carbons (Fsp3) is 0.615. The normalized spacial score (nSPS) is 17.9. The SMILES string of the molecule is CN1CCC(c2noc(CCc3cscn3)n2)CC1. The molecule has 3 heterocycles.